The summed E-state index contributed by atoms with van der Waals surface area (Å²) in [5.74, 6) is -1.52. The van der Waals surface area contributed by atoms with E-state index in [9.17, 15) is 56.2 Å². The molecule has 2 aromatic carbocycles. The maximum atomic E-state index is 12.4. The van der Waals surface area contributed by atoms with Gasteiger partial charge in [0.05, 0.1) is 24.1 Å². The molecule has 0 aliphatic carbocycles. The summed E-state index contributed by atoms with van der Waals surface area (Å²) < 4.78 is 67.4. The van der Waals surface area contributed by atoms with Gasteiger partial charge in [-0.25, -0.2) is 40.7 Å². The van der Waals surface area contributed by atoms with Gasteiger partial charge in [0.25, 0.3) is 20.4 Å². The van der Waals surface area contributed by atoms with E-state index in [0.29, 0.717) is 0 Å². The SMILES string of the molecule is COC(=O)[C@H](CN)NC(=O)OC(C)(C)C.COC(=O)[C@H](CNS(=O)(=O)c1ccccc1[N+](=O)[O-])NC(=O)OC(C)(C)C.O=[N+]([O-])c1ccccc1S(=O)(=O)Cl. The smallest absolute Gasteiger partial charge is 0.408 e. The third-order valence-corrected chi connectivity index (χ3v) is 8.58. The molecule has 5 N–H and O–H groups in total. The molecule has 55 heavy (non-hydrogen) atoms. The zero-order valence-electron chi connectivity index (χ0n) is 30.9. The van der Waals surface area contributed by atoms with Gasteiger partial charge in [0.2, 0.25) is 10.0 Å². The lowest BCUT2D eigenvalue weighted by atomic mass is 10.2. The number of nitro benzene ring substituents is 2. The maximum absolute atomic E-state index is 12.4. The van der Waals surface area contributed by atoms with Crippen molar-refractivity contribution >= 4 is 65.3 Å². The number of esters is 2. The summed E-state index contributed by atoms with van der Waals surface area (Å²) in [6.45, 7) is 9.36. The lowest BCUT2D eigenvalue weighted by Crippen LogP contribution is -2.50. The fourth-order valence-electron chi connectivity index (χ4n) is 3.51. The predicted molar refractivity (Wildman–Crippen MR) is 194 cm³/mol. The molecule has 0 unspecified atom stereocenters. The van der Waals surface area contributed by atoms with Gasteiger partial charge >= 0.3 is 24.1 Å². The van der Waals surface area contributed by atoms with E-state index >= 15 is 0 Å². The zero-order valence-corrected chi connectivity index (χ0v) is 33.3. The first-order valence-electron chi connectivity index (χ1n) is 15.4. The second-order valence-electron chi connectivity index (χ2n) is 12.4. The number of carbonyl (C=O) groups is 4. The highest BCUT2D eigenvalue weighted by Crippen LogP contribution is 2.26. The van der Waals surface area contributed by atoms with Crippen molar-refractivity contribution in [2.24, 2.45) is 5.73 Å². The standard InChI is InChI=1S/C15H21N3O8S.C9H18N2O4.C6H4ClNO4S/c1-15(2,3)26-14(20)17-10(13(19)25-4)9-16-27(23,24)12-8-6-5-7-11(12)18(21)22;1-9(2,3)15-8(13)11-6(5-10)7(12)14-4;7-13(11,12)6-4-2-1-3-5(6)8(9)10/h5-8,10,16H,9H2,1-4H3,(H,17,20);6H,5,10H2,1-4H3,(H,11,13);1-4H/t10-;6-;/m00./s1. The minimum Gasteiger partial charge on any atom is -0.467 e. The molecule has 0 spiro atoms. The lowest BCUT2D eigenvalue weighted by Gasteiger charge is -2.22. The van der Waals surface area contributed by atoms with Gasteiger partial charge < -0.3 is 35.3 Å². The lowest BCUT2D eigenvalue weighted by molar-refractivity contribution is -0.388. The highest BCUT2D eigenvalue weighted by molar-refractivity contribution is 8.13. The van der Waals surface area contributed by atoms with Gasteiger partial charge in [0.15, 0.2) is 9.79 Å². The van der Waals surface area contributed by atoms with Crippen molar-refractivity contribution in [3.05, 3.63) is 68.8 Å². The molecule has 0 aliphatic heterocycles. The number of nitrogens with zero attached hydrogens (tertiary/aromatic N) is 2. The van der Waals surface area contributed by atoms with Crippen molar-refractivity contribution in [1.82, 2.24) is 15.4 Å². The first kappa shape index (κ1) is 49.8. The normalized spacial score (nSPS) is 12.4. The number of para-hydroxylation sites is 2. The summed E-state index contributed by atoms with van der Waals surface area (Å²) in [6.07, 6.45) is -1.65. The first-order chi connectivity index (χ1) is 25.1. The number of hydrogen-bond acceptors (Lipinski definition) is 17. The average Bonchev–Trinajstić information content (AvgIpc) is 3.06. The van der Waals surface area contributed by atoms with Crippen LogP contribution < -0.4 is 21.1 Å². The minimum absolute atomic E-state index is 0.0358. The Labute approximate surface area is 321 Å². The summed E-state index contributed by atoms with van der Waals surface area (Å²) >= 11 is 0. The number of ether oxygens (including phenoxy) is 4. The molecule has 0 radical (unpaired) electrons. The third-order valence-electron chi connectivity index (χ3n) is 5.74. The predicted octanol–water partition coefficient (Wildman–Crippen LogP) is 2.47. The molecule has 0 aliphatic rings. The number of carbonyl (C=O) groups excluding carboxylic acids is 4. The summed E-state index contributed by atoms with van der Waals surface area (Å²) in [5.41, 5.74) is 2.70. The van der Waals surface area contributed by atoms with Crippen LogP contribution >= 0.6 is 10.7 Å². The molecule has 2 rings (SSSR count). The number of sulfonamides is 1. The van der Waals surface area contributed by atoms with Crippen LogP contribution in [0.1, 0.15) is 41.5 Å². The fourth-order valence-corrected chi connectivity index (χ4v) is 5.75. The highest BCUT2D eigenvalue weighted by atomic mass is 35.7. The molecule has 25 heteroatoms. The van der Waals surface area contributed by atoms with E-state index in [1.54, 1.807) is 41.5 Å². The molecule has 0 saturated heterocycles. The summed E-state index contributed by atoms with van der Waals surface area (Å²) in [5, 5.41) is 25.9. The average molecular weight is 843 g/mol. The van der Waals surface area contributed by atoms with Gasteiger partial charge in [-0.3, -0.25) is 20.2 Å². The van der Waals surface area contributed by atoms with Crippen LogP contribution in [0.5, 0.6) is 0 Å². The third kappa shape index (κ3) is 19.1. The summed E-state index contributed by atoms with van der Waals surface area (Å²) in [7, 11) is -1.13. The van der Waals surface area contributed by atoms with Crippen LogP contribution in [0.3, 0.4) is 0 Å². The van der Waals surface area contributed by atoms with Crippen LogP contribution in [0, 0.1) is 20.2 Å². The van der Waals surface area contributed by atoms with Gasteiger partial charge in [0.1, 0.15) is 23.3 Å². The van der Waals surface area contributed by atoms with Crippen LogP contribution in [0.15, 0.2) is 58.3 Å². The second-order valence-corrected chi connectivity index (χ2v) is 16.7. The second kappa shape index (κ2) is 21.7. The molecular formula is C30H43ClN6O16S2. The number of benzene rings is 2. The molecular weight excluding hydrogens is 800 g/mol. The van der Waals surface area contributed by atoms with E-state index in [0.717, 1.165) is 31.4 Å². The van der Waals surface area contributed by atoms with E-state index in [4.69, 9.17) is 25.9 Å². The van der Waals surface area contributed by atoms with E-state index in [1.807, 2.05) is 0 Å². The Morgan fingerprint density at radius 2 is 1.09 bits per heavy atom. The van der Waals surface area contributed by atoms with Crippen LogP contribution in [-0.2, 0) is 47.6 Å². The van der Waals surface area contributed by atoms with Crippen molar-refractivity contribution in [2.45, 2.75) is 74.6 Å². The van der Waals surface area contributed by atoms with Gasteiger partial charge in [-0.2, -0.15) is 0 Å². The molecule has 0 heterocycles. The molecule has 0 bridgehead atoms. The molecule has 2 amide bonds. The Bertz CT molecular complexity index is 1900. The van der Waals surface area contributed by atoms with E-state index in [-0.39, 0.29) is 6.54 Å². The van der Waals surface area contributed by atoms with Crippen LogP contribution in [0.2, 0.25) is 0 Å². The Hall–Kier alpha value is -5.17. The van der Waals surface area contributed by atoms with Crippen molar-refractivity contribution in [3.63, 3.8) is 0 Å². The maximum Gasteiger partial charge on any atom is 0.408 e. The Morgan fingerprint density at radius 3 is 1.44 bits per heavy atom. The van der Waals surface area contributed by atoms with Gasteiger partial charge in [-0.15, -0.1) is 0 Å². The Morgan fingerprint density at radius 1 is 0.727 bits per heavy atom. The Kier molecular flexibility index (Phi) is 19.6. The van der Waals surface area contributed by atoms with E-state index in [1.165, 1.54) is 31.4 Å². The number of nitrogens with two attached hydrogens (primary N) is 1. The Balaban J connectivity index is 0.000000877. The number of methoxy groups -OCH3 is 2. The fraction of sp³-hybridized carbons (Fsp3) is 0.467. The van der Waals surface area contributed by atoms with Crippen molar-refractivity contribution < 1.29 is 64.8 Å². The van der Waals surface area contributed by atoms with E-state index in [2.05, 4.69) is 24.8 Å². The van der Waals surface area contributed by atoms with Gasteiger partial charge in [0, 0.05) is 35.9 Å². The molecule has 22 nitrogen and oxygen atoms in total. The monoisotopic (exact) mass is 842 g/mol. The van der Waals surface area contributed by atoms with Crippen molar-refractivity contribution in [1.29, 1.82) is 0 Å². The van der Waals surface area contributed by atoms with Crippen LogP contribution in [-0.4, -0.2) is 101 Å². The number of nitro groups is 2. The largest absolute Gasteiger partial charge is 0.467 e. The molecule has 0 aromatic heterocycles. The van der Waals surface area contributed by atoms with Gasteiger partial charge in [-0.1, -0.05) is 24.3 Å². The molecule has 0 saturated carbocycles. The number of rotatable bonds is 12. The summed E-state index contributed by atoms with van der Waals surface area (Å²) in [4.78, 5) is 64.6. The van der Waals surface area contributed by atoms with Crippen LogP contribution in [0.25, 0.3) is 0 Å². The molecule has 2 atom stereocenters. The van der Waals surface area contributed by atoms with Crippen LogP contribution in [0.4, 0.5) is 21.0 Å². The number of amides is 2. The van der Waals surface area contributed by atoms with Crippen molar-refractivity contribution in [2.75, 3.05) is 27.3 Å². The van der Waals surface area contributed by atoms with E-state index < -0.39 is 104 Å². The van der Waals surface area contributed by atoms with Gasteiger partial charge in [-0.05, 0) is 53.7 Å². The highest BCUT2D eigenvalue weighted by Gasteiger charge is 2.30. The van der Waals surface area contributed by atoms with Crippen molar-refractivity contribution in [3.8, 4) is 0 Å². The number of halogens is 1. The zero-order chi connectivity index (χ0) is 42.9. The number of alkyl carbamates (subject to hydrolysis) is 2. The number of nitrogens with one attached hydrogen (secondary N) is 3. The molecule has 308 valence electrons. The molecule has 0 fully saturated rings. The quantitative estimate of drug-likeness (QED) is 0.0784. The summed E-state index contributed by atoms with van der Waals surface area (Å²) in [6, 6.07) is 7.34. The topological polar surface area (TPSA) is 322 Å². The molecule has 2 aromatic rings. The minimum atomic E-state index is -4.34. The first-order valence-corrected chi connectivity index (χ1v) is 19.1. The number of hydrogen-bond donors (Lipinski definition) is 4.